The van der Waals surface area contributed by atoms with E-state index in [1.165, 1.54) is 0 Å². The monoisotopic (exact) mass is 369 g/mol. The fourth-order valence-corrected chi connectivity index (χ4v) is 3.44. The highest BCUT2D eigenvalue weighted by atomic mass is 16.5. The highest BCUT2D eigenvalue weighted by Crippen LogP contribution is 2.15. The van der Waals surface area contributed by atoms with Crippen molar-refractivity contribution in [3.8, 4) is 0 Å². The molecule has 4 rings (SSSR count). The van der Waals surface area contributed by atoms with E-state index >= 15 is 0 Å². The van der Waals surface area contributed by atoms with Gasteiger partial charge in [-0.05, 0) is 37.9 Å². The number of imidazole rings is 1. The molecule has 1 unspecified atom stereocenters. The first-order chi connectivity index (χ1) is 13.1. The van der Waals surface area contributed by atoms with Crippen molar-refractivity contribution in [2.45, 2.75) is 39.0 Å². The standard InChI is InChI=1S/C19H23N5O3/c1-13-4-2-7-24-10-14(21-18(13)24)9-20-19(26)17-8-16(27-22-17)12-23-6-3-5-15(25)11-23/h2,4,7-8,10,15,25H,3,5-6,9,11-12H2,1H3,(H,20,26). The molecule has 4 heterocycles. The fraction of sp³-hybridized carbons (Fsp3) is 0.421. The zero-order valence-corrected chi connectivity index (χ0v) is 15.3. The molecule has 27 heavy (non-hydrogen) atoms. The van der Waals surface area contributed by atoms with Crippen molar-refractivity contribution in [3.05, 3.63) is 53.3 Å². The van der Waals surface area contributed by atoms with Gasteiger partial charge in [0.15, 0.2) is 11.5 Å². The number of β-amino-alcohol motifs (C(OH)–C–C–N with tert-alkyl or cyclic N) is 1. The van der Waals surface area contributed by atoms with Gasteiger partial charge in [0, 0.05) is 25.0 Å². The van der Waals surface area contributed by atoms with Crippen LogP contribution in [0.15, 0.2) is 35.1 Å². The maximum Gasteiger partial charge on any atom is 0.273 e. The average Bonchev–Trinajstić information content (AvgIpc) is 3.27. The smallest absolute Gasteiger partial charge is 0.273 e. The molecule has 3 aromatic heterocycles. The summed E-state index contributed by atoms with van der Waals surface area (Å²) in [4.78, 5) is 19.0. The molecule has 0 aromatic carbocycles. The second-order valence-electron chi connectivity index (χ2n) is 7.05. The van der Waals surface area contributed by atoms with E-state index in [2.05, 4.69) is 20.4 Å². The molecule has 8 heteroatoms. The van der Waals surface area contributed by atoms with Gasteiger partial charge in [0.2, 0.25) is 0 Å². The molecule has 1 amide bonds. The predicted molar refractivity (Wildman–Crippen MR) is 98.1 cm³/mol. The van der Waals surface area contributed by atoms with Gasteiger partial charge in [-0.1, -0.05) is 11.2 Å². The lowest BCUT2D eigenvalue weighted by Crippen LogP contribution is -2.37. The Bertz CT molecular complexity index is 948. The number of rotatable bonds is 5. The number of nitrogens with one attached hydrogen (secondary N) is 1. The van der Waals surface area contributed by atoms with E-state index in [-0.39, 0.29) is 17.7 Å². The summed E-state index contributed by atoms with van der Waals surface area (Å²) in [5.41, 5.74) is 3.00. The van der Waals surface area contributed by atoms with Crippen molar-refractivity contribution in [1.82, 2.24) is 24.8 Å². The van der Waals surface area contributed by atoms with E-state index in [4.69, 9.17) is 4.52 Å². The lowest BCUT2D eigenvalue weighted by atomic mass is 10.1. The Morgan fingerprint density at radius 3 is 3.19 bits per heavy atom. The summed E-state index contributed by atoms with van der Waals surface area (Å²) in [5, 5.41) is 16.4. The van der Waals surface area contributed by atoms with Crippen LogP contribution in [-0.4, -0.2) is 49.6 Å². The van der Waals surface area contributed by atoms with Gasteiger partial charge in [0.05, 0.1) is 24.9 Å². The highest BCUT2D eigenvalue weighted by molar-refractivity contribution is 5.92. The number of aliphatic hydroxyl groups excluding tert-OH is 1. The van der Waals surface area contributed by atoms with E-state index in [1.807, 2.05) is 35.9 Å². The molecule has 142 valence electrons. The number of aliphatic hydroxyl groups is 1. The molecule has 1 fully saturated rings. The van der Waals surface area contributed by atoms with Gasteiger partial charge in [-0.15, -0.1) is 0 Å². The molecule has 0 spiro atoms. The molecule has 1 aliphatic heterocycles. The summed E-state index contributed by atoms with van der Waals surface area (Å²) < 4.78 is 7.23. The Kier molecular flexibility index (Phi) is 4.91. The second-order valence-corrected chi connectivity index (χ2v) is 7.05. The van der Waals surface area contributed by atoms with Crippen LogP contribution in [0.4, 0.5) is 0 Å². The van der Waals surface area contributed by atoms with Crippen LogP contribution >= 0.6 is 0 Å². The number of fused-ring (bicyclic) bond motifs is 1. The van der Waals surface area contributed by atoms with E-state index in [0.29, 0.717) is 25.4 Å². The topological polar surface area (TPSA) is 95.9 Å². The van der Waals surface area contributed by atoms with Crippen LogP contribution in [0.2, 0.25) is 0 Å². The molecule has 3 aromatic rings. The number of aryl methyl sites for hydroxylation is 1. The average molecular weight is 369 g/mol. The van der Waals surface area contributed by atoms with Crippen LogP contribution in [0.3, 0.4) is 0 Å². The van der Waals surface area contributed by atoms with Crippen molar-refractivity contribution < 1.29 is 14.4 Å². The third-order valence-electron chi connectivity index (χ3n) is 4.81. The van der Waals surface area contributed by atoms with Gasteiger partial charge in [-0.2, -0.15) is 0 Å². The number of piperidine rings is 1. The van der Waals surface area contributed by atoms with Gasteiger partial charge in [-0.25, -0.2) is 4.98 Å². The first kappa shape index (κ1) is 17.7. The fourth-order valence-electron chi connectivity index (χ4n) is 3.44. The Balaban J connectivity index is 1.35. The van der Waals surface area contributed by atoms with E-state index in [1.54, 1.807) is 6.07 Å². The Morgan fingerprint density at radius 2 is 2.37 bits per heavy atom. The van der Waals surface area contributed by atoms with Crippen molar-refractivity contribution in [2.75, 3.05) is 13.1 Å². The summed E-state index contributed by atoms with van der Waals surface area (Å²) in [5.74, 6) is 0.329. The van der Waals surface area contributed by atoms with Crippen LogP contribution in [0.1, 0.15) is 40.3 Å². The van der Waals surface area contributed by atoms with Gasteiger partial charge >= 0.3 is 0 Å². The molecule has 0 saturated carbocycles. The maximum atomic E-state index is 12.3. The Labute approximate surface area is 156 Å². The number of nitrogens with zero attached hydrogens (tertiary/aromatic N) is 4. The minimum atomic E-state index is -0.294. The van der Waals surface area contributed by atoms with E-state index in [9.17, 15) is 9.90 Å². The number of carbonyl (C=O) groups excluding carboxylic acids is 1. The first-order valence-corrected chi connectivity index (χ1v) is 9.16. The summed E-state index contributed by atoms with van der Waals surface area (Å²) >= 11 is 0. The van der Waals surface area contributed by atoms with Crippen LogP contribution < -0.4 is 5.32 Å². The molecule has 1 atom stereocenters. The summed E-state index contributed by atoms with van der Waals surface area (Å²) in [6.45, 7) is 4.40. The third kappa shape index (κ3) is 4.01. The summed E-state index contributed by atoms with van der Waals surface area (Å²) in [6, 6.07) is 5.62. The summed E-state index contributed by atoms with van der Waals surface area (Å²) in [7, 11) is 0. The molecule has 8 nitrogen and oxygen atoms in total. The predicted octanol–water partition coefficient (Wildman–Crippen LogP) is 1.52. The first-order valence-electron chi connectivity index (χ1n) is 9.16. The number of likely N-dealkylation sites (tertiary alicyclic amines) is 1. The van der Waals surface area contributed by atoms with Crippen LogP contribution in [0.5, 0.6) is 0 Å². The van der Waals surface area contributed by atoms with E-state index in [0.717, 1.165) is 36.3 Å². The van der Waals surface area contributed by atoms with Crippen LogP contribution in [0.25, 0.3) is 5.65 Å². The third-order valence-corrected chi connectivity index (χ3v) is 4.81. The summed E-state index contributed by atoms with van der Waals surface area (Å²) in [6.07, 6.45) is 5.34. The lowest BCUT2D eigenvalue weighted by molar-refractivity contribution is 0.0622. The van der Waals surface area contributed by atoms with E-state index < -0.39 is 0 Å². The van der Waals surface area contributed by atoms with Gasteiger partial charge in [0.1, 0.15) is 5.65 Å². The molecule has 1 aliphatic rings. The second kappa shape index (κ2) is 7.50. The van der Waals surface area contributed by atoms with Gasteiger partial charge in [-0.3, -0.25) is 9.69 Å². The van der Waals surface area contributed by atoms with Crippen molar-refractivity contribution in [3.63, 3.8) is 0 Å². The Morgan fingerprint density at radius 1 is 1.48 bits per heavy atom. The quantitative estimate of drug-likeness (QED) is 0.708. The molecular formula is C19H23N5O3. The largest absolute Gasteiger partial charge is 0.392 e. The number of aromatic nitrogens is 3. The van der Waals surface area contributed by atoms with Crippen molar-refractivity contribution in [2.24, 2.45) is 0 Å². The minimum absolute atomic E-state index is 0.252. The molecule has 2 N–H and O–H groups in total. The molecule has 0 aliphatic carbocycles. The van der Waals surface area contributed by atoms with Crippen molar-refractivity contribution >= 4 is 11.6 Å². The normalized spacial score (nSPS) is 18.1. The van der Waals surface area contributed by atoms with Crippen molar-refractivity contribution in [1.29, 1.82) is 0 Å². The minimum Gasteiger partial charge on any atom is -0.392 e. The van der Waals surface area contributed by atoms with Gasteiger partial charge in [0.25, 0.3) is 5.91 Å². The lowest BCUT2D eigenvalue weighted by Gasteiger charge is -2.28. The zero-order valence-electron chi connectivity index (χ0n) is 15.3. The van der Waals surface area contributed by atoms with Crippen LogP contribution in [0, 0.1) is 6.92 Å². The number of hydrogen-bond acceptors (Lipinski definition) is 6. The number of hydrogen-bond donors (Lipinski definition) is 2. The molecule has 0 bridgehead atoms. The highest BCUT2D eigenvalue weighted by Gasteiger charge is 2.20. The molecule has 1 saturated heterocycles. The van der Waals surface area contributed by atoms with Gasteiger partial charge < -0.3 is 19.3 Å². The number of amides is 1. The molecular weight excluding hydrogens is 346 g/mol. The number of carbonyl (C=O) groups is 1. The number of pyridine rings is 1. The molecule has 0 radical (unpaired) electrons. The maximum absolute atomic E-state index is 12.3. The Hall–Kier alpha value is -2.71. The SMILES string of the molecule is Cc1cccn2cc(CNC(=O)c3cc(CN4CCCC(O)C4)on3)nc12. The van der Waals surface area contributed by atoms with Crippen LogP contribution in [-0.2, 0) is 13.1 Å². The zero-order chi connectivity index (χ0) is 18.8.